The maximum atomic E-state index is 10.8. The van der Waals surface area contributed by atoms with Crippen molar-refractivity contribution in [3.05, 3.63) is 39.4 Å². The molecule has 0 unspecified atom stereocenters. The largest absolute Gasteiger partial charge is 0.477 e. The lowest BCUT2D eigenvalue weighted by Crippen LogP contribution is -2.11. The van der Waals surface area contributed by atoms with Crippen molar-refractivity contribution in [1.29, 1.82) is 0 Å². The summed E-state index contributed by atoms with van der Waals surface area (Å²) in [5, 5.41) is 19.6. The number of aromatic carboxylic acids is 1. The number of nitro groups is 1. The van der Waals surface area contributed by atoms with E-state index in [0.717, 1.165) is 6.42 Å². The third-order valence-corrected chi connectivity index (χ3v) is 2.48. The number of nitro benzene ring substituents is 1. The standard InChI is InChI=1S/C11H14N2O4/c1-2-3-9(12)7-4-5-8(11(14)15)10(6-7)13(16)17/h4-6,9H,2-3,12H2,1H3,(H,14,15)/t9-/m1/s1. The molecule has 0 aliphatic carbocycles. The number of carboxylic acid groups (broad SMARTS) is 1. The highest BCUT2D eigenvalue weighted by molar-refractivity contribution is 5.92. The maximum Gasteiger partial charge on any atom is 0.342 e. The molecule has 0 amide bonds. The van der Waals surface area contributed by atoms with Gasteiger partial charge in [0.15, 0.2) is 0 Å². The monoisotopic (exact) mass is 238 g/mol. The summed E-state index contributed by atoms with van der Waals surface area (Å²) in [6, 6.07) is 3.69. The molecule has 0 radical (unpaired) electrons. The number of hydrogen-bond acceptors (Lipinski definition) is 4. The minimum Gasteiger partial charge on any atom is -0.477 e. The molecule has 6 nitrogen and oxygen atoms in total. The van der Waals surface area contributed by atoms with Crippen LogP contribution in [0.1, 0.15) is 41.7 Å². The van der Waals surface area contributed by atoms with Gasteiger partial charge >= 0.3 is 5.97 Å². The molecular formula is C11H14N2O4. The molecule has 0 fully saturated rings. The first-order chi connectivity index (χ1) is 7.97. The molecule has 92 valence electrons. The van der Waals surface area contributed by atoms with Crippen molar-refractivity contribution in [3.8, 4) is 0 Å². The summed E-state index contributed by atoms with van der Waals surface area (Å²) in [4.78, 5) is 20.9. The van der Waals surface area contributed by atoms with Gasteiger partial charge in [-0.1, -0.05) is 19.4 Å². The van der Waals surface area contributed by atoms with Crippen LogP contribution in [0.15, 0.2) is 18.2 Å². The van der Waals surface area contributed by atoms with E-state index in [1.165, 1.54) is 18.2 Å². The van der Waals surface area contributed by atoms with Crippen LogP contribution in [0.4, 0.5) is 5.69 Å². The Morgan fingerprint density at radius 2 is 2.24 bits per heavy atom. The van der Waals surface area contributed by atoms with Crippen LogP contribution in [0.2, 0.25) is 0 Å². The fourth-order valence-corrected chi connectivity index (χ4v) is 1.59. The van der Waals surface area contributed by atoms with Crippen molar-refractivity contribution in [2.24, 2.45) is 5.73 Å². The summed E-state index contributed by atoms with van der Waals surface area (Å²) in [5.74, 6) is -1.31. The lowest BCUT2D eigenvalue weighted by Gasteiger charge is -2.10. The van der Waals surface area contributed by atoms with Crippen LogP contribution in [-0.4, -0.2) is 16.0 Å². The normalized spacial score (nSPS) is 12.1. The highest BCUT2D eigenvalue weighted by Gasteiger charge is 2.21. The molecule has 0 heterocycles. The van der Waals surface area contributed by atoms with Crippen molar-refractivity contribution in [1.82, 2.24) is 0 Å². The Hall–Kier alpha value is -1.95. The van der Waals surface area contributed by atoms with Crippen LogP contribution < -0.4 is 5.73 Å². The molecule has 0 saturated carbocycles. The zero-order valence-corrected chi connectivity index (χ0v) is 9.42. The molecule has 1 atom stereocenters. The second-order valence-electron chi connectivity index (χ2n) is 3.73. The summed E-state index contributed by atoms with van der Waals surface area (Å²) < 4.78 is 0. The van der Waals surface area contributed by atoms with Gasteiger partial charge in [-0.3, -0.25) is 10.1 Å². The molecule has 0 aliphatic heterocycles. The Labute approximate surface area is 98.2 Å². The van der Waals surface area contributed by atoms with Crippen molar-refractivity contribution in [3.63, 3.8) is 0 Å². The average Bonchev–Trinajstić information content (AvgIpc) is 2.28. The molecule has 6 heteroatoms. The smallest absolute Gasteiger partial charge is 0.342 e. The molecule has 1 aromatic rings. The summed E-state index contributed by atoms with van der Waals surface area (Å²) in [6.07, 6.45) is 1.55. The van der Waals surface area contributed by atoms with E-state index in [2.05, 4.69) is 0 Å². The third-order valence-electron chi connectivity index (χ3n) is 2.48. The second-order valence-corrected chi connectivity index (χ2v) is 3.73. The van der Waals surface area contributed by atoms with Crippen LogP contribution in [0.3, 0.4) is 0 Å². The Balaban J connectivity index is 3.18. The van der Waals surface area contributed by atoms with E-state index in [0.29, 0.717) is 12.0 Å². The van der Waals surface area contributed by atoms with Crippen molar-refractivity contribution in [2.45, 2.75) is 25.8 Å². The topological polar surface area (TPSA) is 106 Å². The van der Waals surface area contributed by atoms with E-state index in [1.807, 2.05) is 6.92 Å². The van der Waals surface area contributed by atoms with Gasteiger partial charge in [0, 0.05) is 12.1 Å². The summed E-state index contributed by atoms with van der Waals surface area (Å²) >= 11 is 0. The van der Waals surface area contributed by atoms with Crippen LogP contribution >= 0.6 is 0 Å². The average molecular weight is 238 g/mol. The van der Waals surface area contributed by atoms with Crippen LogP contribution in [0.5, 0.6) is 0 Å². The Morgan fingerprint density at radius 1 is 1.59 bits per heavy atom. The Morgan fingerprint density at radius 3 is 2.71 bits per heavy atom. The highest BCUT2D eigenvalue weighted by atomic mass is 16.6. The minimum atomic E-state index is -1.31. The van der Waals surface area contributed by atoms with Gasteiger partial charge in [-0.05, 0) is 18.1 Å². The van der Waals surface area contributed by atoms with Crippen LogP contribution in [-0.2, 0) is 0 Å². The molecule has 0 saturated heterocycles. The number of nitrogens with two attached hydrogens (primary N) is 1. The van der Waals surface area contributed by atoms with Gasteiger partial charge < -0.3 is 10.8 Å². The van der Waals surface area contributed by atoms with Gasteiger partial charge in [-0.25, -0.2) is 4.79 Å². The zero-order valence-electron chi connectivity index (χ0n) is 9.42. The van der Waals surface area contributed by atoms with E-state index in [4.69, 9.17) is 10.8 Å². The summed E-state index contributed by atoms with van der Waals surface area (Å²) in [5.41, 5.74) is 5.68. The quantitative estimate of drug-likeness (QED) is 0.603. The molecule has 1 aromatic carbocycles. The SMILES string of the molecule is CCC[C@@H](N)c1ccc(C(=O)O)c([N+](=O)[O-])c1. The molecular weight excluding hydrogens is 224 g/mol. The molecule has 0 aromatic heterocycles. The van der Waals surface area contributed by atoms with Crippen LogP contribution in [0, 0.1) is 10.1 Å². The molecule has 0 bridgehead atoms. The fourth-order valence-electron chi connectivity index (χ4n) is 1.59. The molecule has 17 heavy (non-hydrogen) atoms. The van der Waals surface area contributed by atoms with Gasteiger partial charge in [0.25, 0.3) is 5.69 Å². The number of carboxylic acids is 1. The van der Waals surface area contributed by atoms with E-state index in [9.17, 15) is 14.9 Å². The molecule has 0 spiro atoms. The van der Waals surface area contributed by atoms with Gasteiger partial charge in [-0.15, -0.1) is 0 Å². The maximum absolute atomic E-state index is 10.8. The Bertz CT molecular complexity index is 445. The van der Waals surface area contributed by atoms with E-state index < -0.39 is 16.6 Å². The van der Waals surface area contributed by atoms with Crippen molar-refractivity contribution >= 4 is 11.7 Å². The number of carbonyl (C=O) groups is 1. The minimum absolute atomic E-state index is 0.304. The van der Waals surface area contributed by atoms with Gasteiger partial charge in [0.2, 0.25) is 0 Å². The first kappa shape index (κ1) is 13.1. The van der Waals surface area contributed by atoms with E-state index >= 15 is 0 Å². The van der Waals surface area contributed by atoms with Gasteiger partial charge in [0.1, 0.15) is 5.56 Å². The number of rotatable bonds is 5. The number of hydrogen-bond donors (Lipinski definition) is 2. The fraction of sp³-hybridized carbons (Fsp3) is 0.364. The predicted molar refractivity (Wildman–Crippen MR) is 61.9 cm³/mol. The second kappa shape index (κ2) is 5.40. The van der Waals surface area contributed by atoms with E-state index in [-0.39, 0.29) is 11.6 Å². The number of nitrogens with zero attached hydrogens (tertiary/aromatic N) is 1. The molecule has 3 N–H and O–H groups in total. The van der Waals surface area contributed by atoms with Crippen molar-refractivity contribution < 1.29 is 14.8 Å². The highest BCUT2D eigenvalue weighted by Crippen LogP contribution is 2.24. The van der Waals surface area contributed by atoms with Gasteiger partial charge in [-0.2, -0.15) is 0 Å². The first-order valence-electron chi connectivity index (χ1n) is 5.24. The molecule has 0 aliphatic rings. The van der Waals surface area contributed by atoms with E-state index in [1.54, 1.807) is 0 Å². The third kappa shape index (κ3) is 3.01. The molecule has 1 rings (SSSR count). The first-order valence-corrected chi connectivity index (χ1v) is 5.24. The predicted octanol–water partition coefficient (Wildman–Crippen LogP) is 2.09. The summed E-state index contributed by atoms with van der Waals surface area (Å²) in [6.45, 7) is 1.96. The summed E-state index contributed by atoms with van der Waals surface area (Å²) in [7, 11) is 0. The van der Waals surface area contributed by atoms with Crippen LogP contribution in [0.25, 0.3) is 0 Å². The number of benzene rings is 1. The zero-order chi connectivity index (χ0) is 13.0. The lowest BCUT2D eigenvalue weighted by molar-refractivity contribution is -0.385. The lowest BCUT2D eigenvalue weighted by atomic mass is 10.0. The van der Waals surface area contributed by atoms with Crippen molar-refractivity contribution in [2.75, 3.05) is 0 Å². The Kier molecular flexibility index (Phi) is 4.17. The van der Waals surface area contributed by atoms with Gasteiger partial charge in [0.05, 0.1) is 4.92 Å².